The molecular formula is C29H29F3N6O4. The van der Waals surface area contributed by atoms with Gasteiger partial charge >= 0.3 is 6.18 Å². The van der Waals surface area contributed by atoms with Gasteiger partial charge < -0.3 is 14.6 Å². The molecule has 0 fully saturated rings. The fourth-order valence-corrected chi connectivity index (χ4v) is 4.29. The van der Waals surface area contributed by atoms with Crippen molar-refractivity contribution in [2.24, 2.45) is 10.1 Å². The molecule has 0 saturated heterocycles. The summed E-state index contributed by atoms with van der Waals surface area (Å²) in [5, 5.41) is 12.6. The van der Waals surface area contributed by atoms with Gasteiger partial charge in [0.1, 0.15) is 12.4 Å². The lowest BCUT2D eigenvalue weighted by molar-refractivity contribution is -0.137. The highest BCUT2D eigenvalue weighted by molar-refractivity contribution is 6.00. The van der Waals surface area contributed by atoms with Crippen LogP contribution in [0.2, 0.25) is 0 Å². The summed E-state index contributed by atoms with van der Waals surface area (Å²) in [6.45, 7) is 0.471. The number of aliphatic imine (C=N–C) groups is 1. The lowest BCUT2D eigenvalue weighted by Crippen LogP contribution is -2.52. The first-order valence-corrected chi connectivity index (χ1v) is 13.1. The topological polar surface area (TPSA) is 141 Å². The lowest BCUT2D eigenvalue weighted by Gasteiger charge is -2.24. The monoisotopic (exact) mass is 582 g/mol. The molecule has 1 aliphatic rings. The van der Waals surface area contributed by atoms with Crippen LogP contribution in [0.3, 0.4) is 0 Å². The van der Waals surface area contributed by atoms with E-state index in [1.807, 2.05) is 6.07 Å². The fourth-order valence-electron chi connectivity index (χ4n) is 4.29. The summed E-state index contributed by atoms with van der Waals surface area (Å²) >= 11 is 0. The predicted octanol–water partition coefficient (Wildman–Crippen LogP) is 4.86. The summed E-state index contributed by atoms with van der Waals surface area (Å²) in [4.78, 5) is 21.2. The Balaban J connectivity index is 1.54. The van der Waals surface area contributed by atoms with Crippen molar-refractivity contribution >= 4 is 11.8 Å². The van der Waals surface area contributed by atoms with E-state index in [2.05, 4.69) is 20.9 Å². The summed E-state index contributed by atoms with van der Waals surface area (Å²) < 4.78 is 50.1. The van der Waals surface area contributed by atoms with Crippen LogP contribution in [0.5, 0.6) is 5.75 Å². The average Bonchev–Trinajstić information content (AvgIpc) is 3.42. The molecule has 1 heterocycles. The molecule has 13 heteroatoms. The van der Waals surface area contributed by atoms with Crippen LogP contribution in [-0.2, 0) is 35.2 Å². The summed E-state index contributed by atoms with van der Waals surface area (Å²) in [6, 6.07) is 18.8. The minimum absolute atomic E-state index is 0.0259. The first-order chi connectivity index (χ1) is 20.2. The lowest BCUT2D eigenvalue weighted by atomic mass is 9.89. The van der Waals surface area contributed by atoms with E-state index in [1.165, 1.54) is 12.1 Å². The Hall–Kier alpha value is -4.58. The minimum Gasteiger partial charge on any atom is -0.494 e. The number of amides is 1. The number of aliphatic hydroxyl groups is 1. The van der Waals surface area contributed by atoms with Gasteiger partial charge in [-0.05, 0) is 58.6 Å². The van der Waals surface area contributed by atoms with Crippen LogP contribution >= 0.6 is 0 Å². The second-order valence-electron chi connectivity index (χ2n) is 9.52. The standard InChI is InChI=1S/C29H29F3N6O4/c30-29(31,32)24-10-6-20(7-11-24)17-34-37-27(40)28(16-22-4-1-2-5-23(22)18-35-38-33)19-42-26(36-28)21-8-12-25(13-9-21)41-15-3-14-39/h1-2,4-13,34,39H,3,14-19H2,(H,37,40)/t28-/m0/s1. The quantitative estimate of drug-likeness (QED) is 0.0868. The summed E-state index contributed by atoms with van der Waals surface area (Å²) in [7, 11) is 0. The molecule has 3 aromatic carbocycles. The number of carbonyl (C=O) groups is 1. The number of benzene rings is 3. The van der Waals surface area contributed by atoms with Crippen LogP contribution in [0.25, 0.3) is 10.4 Å². The van der Waals surface area contributed by atoms with Crippen molar-refractivity contribution in [1.29, 1.82) is 0 Å². The van der Waals surface area contributed by atoms with Crippen molar-refractivity contribution in [2.75, 3.05) is 19.8 Å². The van der Waals surface area contributed by atoms with Crippen LogP contribution in [-0.4, -0.2) is 42.3 Å². The number of nitrogens with zero attached hydrogens (tertiary/aromatic N) is 4. The number of aliphatic hydroxyl groups excluding tert-OH is 1. The largest absolute Gasteiger partial charge is 0.494 e. The molecule has 0 aromatic heterocycles. The molecule has 0 radical (unpaired) electrons. The van der Waals surface area contributed by atoms with Gasteiger partial charge in [-0.1, -0.05) is 41.5 Å². The Labute approximate surface area is 239 Å². The number of azide groups is 1. The van der Waals surface area contributed by atoms with Crippen molar-refractivity contribution in [1.82, 2.24) is 10.9 Å². The molecule has 3 aromatic rings. The van der Waals surface area contributed by atoms with E-state index >= 15 is 0 Å². The Kier molecular flexibility index (Phi) is 10.0. The molecular weight excluding hydrogens is 553 g/mol. The highest BCUT2D eigenvalue weighted by Crippen LogP contribution is 2.30. The second kappa shape index (κ2) is 13.9. The third-order valence-electron chi connectivity index (χ3n) is 6.54. The van der Waals surface area contributed by atoms with Crippen LogP contribution in [0.1, 0.15) is 34.2 Å². The first-order valence-electron chi connectivity index (χ1n) is 13.1. The van der Waals surface area contributed by atoms with E-state index in [9.17, 15) is 18.0 Å². The molecule has 42 heavy (non-hydrogen) atoms. The van der Waals surface area contributed by atoms with E-state index in [-0.39, 0.29) is 38.6 Å². The van der Waals surface area contributed by atoms with E-state index < -0.39 is 23.2 Å². The number of carbonyl (C=O) groups excluding carboxylic acids is 1. The molecule has 0 bridgehead atoms. The van der Waals surface area contributed by atoms with Gasteiger partial charge in [0.2, 0.25) is 5.90 Å². The average molecular weight is 583 g/mol. The number of halogens is 3. The Morgan fingerprint density at radius 3 is 2.48 bits per heavy atom. The van der Waals surface area contributed by atoms with Crippen molar-refractivity contribution < 1.29 is 32.5 Å². The molecule has 3 N–H and O–H groups in total. The SMILES string of the molecule is [N-]=[N+]=NCc1ccccc1C[C@@]1(C(=O)NNCc2ccc(C(F)(F)F)cc2)COC(c2ccc(OCCCO)cc2)=N1. The molecule has 1 atom stereocenters. The molecule has 0 saturated carbocycles. The number of ether oxygens (including phenoxy) is 2. The number of hydrazine groups is 1. The van der Waals surface area contributed by atoms with Gasteiger partial charge in [-0.25, -0.2) is 10.4 Å². The minimum atomic E-state index is -4.44. The van der Waals surface area contributed by atoms with Crippen molar-refractivity contribution in [3.63, 3.8) is 0 Å². The summed E-state index contributed by atoms with van der Waals surface area (Å²) in [6.07, 6.45) is -3.81. The second-order valence-corrected chi connectivity index (χ2v) is 9.52. The normalized spacial score (nSPS) is 16.2. The molecule has 1 aliphatic heterocycles. The smallest absolute Gasteiger partial charge is 0.416 e. The number of nitrogens with one attached hydrogen (secondary N) is 2. The highest BCUT2D eigenvalue weighted by Gasteiger charge is 2.45. The highest BCUT2D eigenvalue weighted by atomic mass is 19.4. The van der Waals surface area contributed by atoms with Gasteiger partial charge in [-0.3, -0.25) is 10.2 Å². The molecule has 220 valence electrons. The molecule has 10 nitrogen and oxygen atoms in total. The van der Waals surface area contributed by atoms with Gasteiger partial charge in [0.05, 0.1) is 18.7 Å². The van der Waals surface area contributed by atoms with Crippen molar-refractivity contribution in [2.45, 2.75) is 37.6 Å². The molecule has 0 spiro atoms. The molecule has 0 unspecified atom stereocenters. The zero-order valence-electron chi connectivity index (χ0n) is 22.5. The van der Waals surface area contributed by atoms with E-state index in [0.29, 0.717) is 29.9 Å². The van der Waals surface area contributed by atoms with Crippen LogP contribution < -0.4 is 15.6 Å². The number of hydrogen-bond donors (Lipinski definition) is 3. The summed E-state index contributed by atoms with van der Waals surface area (Å²) in [5.74, 6) is 0.350. The van der Waals surface area contributed by atoms with Crippen LogP contribution in [0.15, 0.2) is 82.9 Å². The Morgan fingerprint density at radius 2 is 1.81 bits per heavy atom. The van der Waals surface area contributed by atoms with Crippen molar-refractivity contribution in [3.8, 4) is 5.75 Å². The third kappa shape index (κ3) is 7.78. The molecule has 0 aliphatic carbocycles. The Bertz CT molecular complexity index is 1440. The maximum atomic E-state index is 13.6. The van der Waals surface area contributed by atoms with Crippen LogP contribution in [0.4, 0.5) is 13.2 Å². The van der Waals surface area contributed by atoms with Gasteiger partial charge in [0.15, 0.2) is 5.54 Å². The zero-order valence-corrected chi connectivity index (χ0v) is 22.5. The zero-order chi connectivity index (χ0) is 30.0. The Morgan fingerprint density at radius 1 is 1.10 bits per heavy atom. The number of rotatable bonds is 13. The van der Waals surface area contributed by atoms with E-state index in [1.54, 1.807) is 42.5 Å². The van der Waals surface area contributed by atoms with Gasteiger partial charge in [-0.2, -0.15) is 13.2 Å². The molecule has 1 amide bonds. The maximum absolute atomic E-state index is 13.6. The van der Waals surface area contributed by atoms with Gasteiger partial charge in [0.25, 0.3) is 5.91 Å². The van der Waals surface area contributed by atoms with E-state index in [0.717, 1.165) is 23.3 Å². The number of hydrogen-bond acceptors (Lipinski definition) is 7. The fraction of sp³-hybridized carbons (Fsp3) is 0.310. The predicted molar refractivity (Wildman–Crippen MR) is 148 cm³/mol. The number of alkyl halides is 3. The first kappa shape index (κ1) is 30.4. The maximum Gasteiger partial charge on any atom is 0.416 e. The third-order valence-corrected chi connectivity index (χ3v) is 6.54. The molecule has 4 rings (SSSR count). The van der Waals surface area contributed by atoms with Gasteiger partial charge in [0, 0.05) is 36.5 Å². The van der Waals surface area contributed by atoms with Gasteiger partial charge in [-0.15, -0.1) is 0 Å². The summed E-state index contributed by atoms with van der Waals surface area (Å²) in [5.41, 5.74) is 14.7. The van der Waals surface area contributed by atoms with Crippen LogP contribution in [0, 0.1) is 0 Å². The van der Waals surface area contributed by atoms with E-state index in [4.69, 9.17) is 25.1 Å². The van der Waals surface area contributed by atoms with Crippen molar-refractivity contribution in [3.05, 3.63) is 111 Å².